The first-order valence-corrected chi connectivity index (χ1v) is 8.49. The van der Waals surface area contributed by atoms with Gasteiger partial charge in [-0.1, -0.05) is 18.2 Å². The Morgan fingerprint density at radius 3 is 2.91 bits per heavy atom. The largest absolute Gasteiger partial charge is 0.493 e. The fourth-order valence-corrected chi connectivity index (χ4v) is 5.57. The van der Waals surface area contributed by atoms with Gasteiger partial charge in [-0.05, 0) is 38.1 Å². The van der Waals surface area contributed by atoms with Crippen LogP contribution in [0.4, 0.5) is 0 Å². The van der Waals surface area contributed by atoms with E-state index < -0.39 is 0 Å². The Labute approximate surface area is 137 Å². The molecule has 0 saturated carbocycles. The zero-order chi connectivity index (χ0) is 15.8. The number of likely N-dealkylation sites (tertiary alicyclic amines) is 1. The number of nitrogens with zero attached hydrogens (tertiary/aromatic N) is 1. The molecular formula is C19H23NO3. The predicted molar refractivity (Wildman–Crippen MR) is 87.3 cm³/mol. The smallest absolute Gasteiger partial charge is 0.165 e. The molecule has 1 aromatic carbocycles. The summed E-state index contributed by atoms with van der Waals surface area (Å²) in [7, 11) is 5.77. The minimum Gasteiger partial charge on any atom is -0.493 e. The summed E-state index contributed by atoms with van der Waals surface area (Å²) in [5, 5.41) is 0. The highest BCUT2D eigenvalue weighted by Gasteiger charge is 2.64. The Kier molecular flexibility index (Phi) is 2.73. The van der Waals surface area contributed by atoms with Crippen molar-refractivity contribution in [3.05, 3.63) is 35.4 Å². The van der Waals surface area contributed by atoms with Gasteiger partial charge in [-0.25, -0.2) is 0 Å². The van der Waals surface area contributed by atoms with Gasteiger partial charge in [-0.15, -0.1) is 0 Å². The van der Waals surface area contributed by atoms with Gasteiger partial charge in [0.25, 0.3) is 0 Å². The molecule has 1 spiro atoms. The SMILES string of the molecule is COc1ccc2c3c1O[C@H]1[C@@H](OC)C=C[C@H]4C(C2)N(C)CC[C@@]341. The maximum absolute atomic E-state index is 6.52. The third-order valence-corrected chi connectivity index (χ3v) is 6.61. The molecule has 4 nitrogen and oxygen atoms in total. The third kappa shape index (κ3) is 1.49. The topological polar surface area (TPSA) is 30.9 Å². The number of hydrogen-bond donors (Lipinski definition) is 0. The van der Waals surface area contributed by atoms with Crippen LogP contribution in [-0.4, -0.2) is 51.0 Å². The van der Waals surface area contributed by atoms with Crippen molar-refractivity contribution in [3.8, 4) is 11.5 Å². The molecule has 4 aliphatic rings. The van der Waals surface area contributed by atoms with Crippen LogP contribution in [0.5, 0.6) is 11.5 Å². The molecule has 23 heavy (non-hydrogen) atoms. The summed E-state index contributed by atoms with van der Waals surface area (Å²) in [4.78, 5) is 2.52. The van der Waals surface area contributed by atoms with Gasteiger partial charge in [0, 0.05) is 30.0 Å². The van der Waals surface area contributed by atoms with Crippen LogP contribution in [0.15, 0.2) is 24.3 Å². The van der Waals surface area contributed by atoms with Gasteiger partial charge in [0.15, 0.2) is 11.5 Å². The summed E-state index contributed by atoms with van der Waals surface area (Å²) in [6.45, 7) is 1.11. The van der Waals surface area contributed by atoms with Gasteiger partial charge in [0.1, 0.15) is 12.2 Å². The summed E-state index contributed by atoms with van der Waals surface area (Å²) in [5.74, 6) is 2.32. The molecule has 2 aliphatic heterocycles. The molecular weight excluding hydrogens is 290 g/mol. The average molecular weight is 313 g/mol. The molecule has 2 aliphatic carbocycles. The maximum Gasteiger partial charge on any atom is 0.165 e. The van der Waals surface area contributed by atoms with Crippen molar-refractivity contribution in [1.82, 2.24) is 4.90 Å². The van der Waals surface area contributed by atoms with Crippen molar-refractivity contribution >= 4 is 0 Å². The number of hydrogen-bond acceptors (Lipinski definition) is 4. The van der Waals surface area contributed by atoms with E-state index in [9.17, 15) is 0 Å². The highest BCUT2D eigenvalue weighted by Crippen LogP contribution is 2.62. The lowest BCUT2D eigenvalue weighted by Gasteiger charge is -2.56. The molecule has 0 radical (unpaired) electrons. The monoisotopic (exact) mass is 313 g/mol. The fraction of sp³-hybridized carbons (Fsp3) is 0.579. The van der Waals surface area contributed by atoms with E-state index in [4.69, 9.17) is 14.2 Å². The third-order valence-electron chi connectivity index (χ3n) is 6.61. The molecule has 122 valence electrons. The van der Waals surface area contributed by atoms with E-state index in [0.29, 0.717) is 12.0 Å². The second kappa shape index (κ2) is 4.52. The molecule has 1 aromatic rings. The van der Waals surface area contributed by atoms with E-state index in [1.807, 2.05) is 0 Å². The average Bonchev–Trinajstić information content (AvgIpc) is 2.92. The molecule has 2 bridgehead atoms. The van der Waals surface area contributed by atoms with Crippen molar-refractivity contribution in [2.75, 3.05) is 27.8 Å². The molecule has 5 atom stereocenters. The number of piperidine rings is 1. The van der Waals surface area contributed by atoms with E-state index in [1.165, 1.54) is 11.1 Å². The van der Waals surface area contributed by atoms with Crippen molar-refractivity contribution in [3.63, 3.8) is 0 Å². The van der Waals surface area contributed by atoms with Crippen molar-refractivity contribution in [2.45, 2.75) is 36.5 Å². The first-order chi connectivity index (χ1) is 11.2. The molecule has 0 N–H and O–H groups in total. The second-order valence-corrected chi connectivity index (χ2v) is 7.32. The Morgan fingerprint density at radius 2 is 2.13 bits per heavy atom. The van der Waals surface area contributed by atoms with E-state index >= 15 is 0 Å². The predicted octanol–water partition coefficient (Wildman–Crippen LogP) is 2.16. The molecule has 2 heterocycles. The lowest BCUT2D eigenvalue weighted by molar-refractivity contribution is -0.0581. The van der Waals surface area contributed by atoms with Crippen LogP contribution < -0.4 is 9.47 Å². The van der Waals surface area contributed by atoms with E-state index in [0.717, 1.165) is 30.9 Å². The first kappa shape index (κ1) is 13.9. The van der Waals surface area contributed by atoms with Crippen LogP contribution in [0, 0.1) is 5.92 Å². The Hall–Kier alpha value is -1.52. The van der Waals surface area contributed by atoms with E-state index in [-0.39, 0.29) is 17.6 Å². The number of likely N-dealkylation sites (N-methyl/N-ethyl adjacent to an activating group) is 1. The van der Waals surface area contributed by atoms with Crippen LogP contribution in [0.2, 0.25) is 0 Å². The van der Waals surface area contributed by atoms with Gasteiger partial charge < -0.3 is 19.1 Å². The molecule has 0 amide bonds. The Balaban J connectivity index is 1.80. The van der Waals surface area contributed by atoms with Gasteiger partial charge in [0.2, 0.25) is 0 Å². The molecule has 5 rings (SSSR count). The lowest BCUT2D eigenvalue weighted by Crippen LogP contribution is -2.65. The lowest BCUT2D eigenvalue weighted by atomic mass is 9.53. The quantitative estimate of drug-likeness (QED) is 0.783. The Bertz CT molecular complexity index is 700. The zero-order valence-electron chi connectivity index (χ0n) is 13.9. The van der Waals surface area contributed by atoms with Gasteiger partial charge in [-0.3, -0.25) is 0 Å². The fourth-order valence-electron chi connectivity index (χ4n) is 5.57. The van der Waals surface area contributed by atoms with E-state index in [1.54, 1.807) is 14.2 Å². The maximum atomic E-state index is 6.52. The number of benzene rings is 1. The first-order valence-electron chi connectivity index (χ1n) is 8.49. The summed E-state index contributed by atoms with van der Waals surface area (Å²) in [6.07, 6.45) is 6.89. The van der Waals surface area contributed by atoms with Crippen molar-refractivity contribution in [2.24, 2.45) is 5.92 Å². The summed E-state index contributed by atoms with van der Waals surface area (Å²) in [6, 6.07) is 4.86. The normalized spacial score (nSPS) is 39.8. The van der Waals surface area contributed by atoms with Gasteiger partial charge >= 0.3 is 0 Å². The number of ether oxygens (including phenoxy) is 3. The van der Waals surface area contributed by atoms with Crippen molar-refractivity contribution in [1.29, 1.82) is 0 Å². The number of rotatable bonds is 2. The highest BCUT2D eigenvalue weighted by molar-refractivity contribution is 5.62. The van der Waals surface area contributed by atoms with E-state index in [2.05, 4.69) is 36.2 Å². The summed E-state index contributed by atoms with van der Waals surface area (Å²) < 4.78 is 17.9. The summed E-state index contributed by atoms with van der Waals surface area (Å²) in [5.41, 5.74) is 2.88. The van der Waals surface area contributed by atoms with Crippen LogP contribution in [-0.2, 0) is 16.6 Å². The molecule has 1 fully saturated rings. The zero-order valence-corrected chi connectivity index (χ0v) is 13.9. The standard InChI is InChI=1S/C19H23NO3/c1-20-9-8-19-12-5-7-15(22-3)18(19)23-17-14(21-2)6-4-11(16(17)19)10-13(12)20/h4-7,12-13,15,18H,8-10H2,1-3H3/t12-,13?,15-,18-,19-/m0/s1. The van der Waals surface area contributed by atoms with Crippen LogP contribution in [0.25, 0.3) is 0 Å². The van der Waals surface area contributed by atoms with Crippen molar-refractivity contribution < 1.29 is 14.2 Å². The molecule has 1 saturated heterocycles. The Morgan fingerprint density at radius 1 is 1.26 bits per heavy atom. The molecule has 1 unspecified atom stereocenters. The second-order valence-electron chi connectivity index (χ2n) is 7.32. The van der Waals surface area contributed by atoms with Gasteiger partial charge in [0.05, 0.1) is 7.11 Å². The van der Waals surface area contributed by atoms with Crippen LogP contribution >= 0.6 is 0 Å². The van der Waals surface area contributed by atoms with Gasteiger partial charge in [-0.2, -0.15) is 0 Å². The molecule has 0 aromatic heterocycles. The minimum atomic E-state index is 0.0124. The minimum absolute atomic E-state index is 0.0124. The van der Waals surface area contributed by atoms with Crippen LogP contribution in [0.1, 0.15) is 17.5 Å². The number of methoxy groups -OCH3 is 2. The molecule has 4 heteroatoms. The highest BCUT2D eigenvalue weighted by atomic mass is 16.6. The summed E-state index contributed by atoms with van der Waals surface area (Å²) >= 11 is 0. The van der Waals surface area contributed by atoms with Crippen LogP contribution in [0.3, 0.4) is 0 Å².